The fraction of sp³-hybridized carbons (Fsp3) is 0.667. The molecule has 3 nitrogen and oxygen atoms in total. The molecule has 1 aliphatic heterocycles. The molecular weight excluding hydrogens is 156 g/mol. The minimum atomic E-state index is -1.19. The first-order valence-electron chi connectivity index (χ1n) is 3.86. The van der Waals surface area contributed by atoms with Gasteiger partial charge < -0.3 is 9.47 Å². The van der Waals surface area contributed by atoms with Gasteiger partial charge in [0.25, 0.3) is 0 Å². The maximum atomic E-state index is 11.2. The highest BCUT2D eigenvalue weighted by Crippen LogP contribution is 2.27. The zero-order valence-electron chi connectivity index (χ0n) is 7.46. The fourth-order valence-electron chi connectivity index (χ4n) is 0.888. The van der Waals surface area contributed by atoms with Gasteiger partial charge in [-0.2, -0.15) is 0 Å². The standard InChI is InChI=1S/C9H12O3/c1-5-9(4)8(10)11-7(12-9)6(2)3/h1,6-7H,2-4H3. The van der Waals surface area contributed by atoms with Gasteiger partial charge in [0.1, 0.15) is 0 Å². The lowest BCUT2D eigenvalue weighted by Gasteiger charge is -2.14. The van der Waals surface area contributed by atoms with Gasteiger partial charge >= 0.3 is 5.97 Å². The molecule has 0 aromatic carbocycles. The van der Waals surface area contributed by atoms with Gasteiger partial charge in [0.2, 0.25) is 11.9 Å². The Bertz CT molecular complexity index is 239. The van der Waals surface area contributed by atoms with E-state index in [4.69, 9.17) is 15.9 Å². The van der Waals surface area contributed by atoms with E-state index in [1.165, 1.54) is 6.92 Å². The molecule has 1 aliphatic rings. The normalized spacial score (nSPS) is 34.9. The van der Waals surface area contributed by atoms with Crippen LogP contribution in [0.1, 0.15) is 20.8 Å². The molecule has 2 unspecified atom stereocenters. The van der Waals surface area contributed by atoms with E-state index in [9.17, 15) is 4.79 Å². The van der Waals surface area contributed by atoms with Crippen molar-refractivity contribution in [2.45, 2.75) is 32.7 Å². The van der Waals surface area contributed by atoms with Gasteiger partial charge in [-0.3, -0.25) is 0 Å². The third kappa shape index (κ3) is 1.30. The third-order valence-electron chi connectivity index (χ3n) is 1.78. The zero-order valence-corrected chi connectivity index (χ0v) is 7.46. The van der Waals surface area contributed by atoms with Crippen LogP contribution in [0, 0.1) is 18.3 Å². The first kappa shape index (κ1) is 9.08. The molecule has 1 fully saturated rings. The van der Waals surface area contributed by atoms with E-state index in [2.05, 4.69) is 5.92 Å². The van der Waals surface area contributed by atoms with Crippen LogP contribution in [0.15, 0.2) is 0 Å². The summed E-state index contributed by atoms with van der Waals surface area (Å²) in [7, 11) is 0. The molecule has 0 aromatic heterocycles. The molecule has 12 heavy (non-hydrogen) atoms. The summed E-state index contributed by atoms with van der Waals surface area (Å²) < 4.78 is 10.2. The molecule has 3 heteroatoms. The average molecular weight is 168 g/mol. The molecule has 2 atom stereocenters. The summed E-state index contributed by atoms with van der Waals surface area (Å²) in [4.78, 5) is 11.2. The average Bonchev–Trinajstić information content (AvgIpc) is 2.30. The van der Waals surface area contributed by atoms with Gasteiger partial charge in [-0.15, -0.1) is 6.42 Å². The van der Waals surface area contributed by atoms with Crippen molar-refractivity contribution in [3.63, 3.8) is 0 Å². The lowest BCUT2D eigenvalue weighted by Crippen LogP contribution is -2.30. The minimum Gasteiger partial charge on any atom is -0.433 e. The summed E-state index contributed by atoms with van der Waals surface area (Å²) in [6.45, 7) is 5.35. The maximum absolute atomic E-state index is 11.2. The lowest BCUT2D eigenvalue weighted by atomic mass is 10.1. The summed E-state index contributed by atoms with van der Waals surface area (Å²) in [5.41, 5.74) is -1.19. The molecule has 0 amide bonds. The summed E-state index contributed by atoms with van der Waals surface area (Å²) in [5, 5.41) is 0. The summed E-state index contributed by atoms with van der Waals surface area (Å²) in [6, 6.07) is 0. The monoisotopic (exact) mass is 168 g/mol. The predicted octanol–water partition coefficient (Wildman–Crippen LogP) is 0.934. The van der Waals surface area contributed by atoms with Crippen molar-refractivity contribution in [2.75, 3.05) is 0 Å². The van der Waals surface area contributed by atoms with Crippen LogP contribution in [0.4, 0.5) is 0 Å². The van der Waals surface area contributed by atoms with Crippen LogP contribution in [0.5, 0.6) is 0 Å². The van der Waals surface area contributed by atoms with E-state index in [1.807, 2.05) is 13.8 Å². The minimum absolute atomic E-state index is 0.129. The van der Waals surface area contributed by atoms with E-state index in [-0.39, 0.29) is 5.92 Å². The molecule has 1 saturated heterocycles. The van der Waals surface area contributed by atoms with Crippen LogP contribution >= 0.6 is 0 Å². The number of carbonyl (C=O) groups excluding carboxylic acids is 1. The topological polar surface area (TPSA) is 35.5 Å². The quantitative estimate of drug-likeness (QED) is 0.431. The maximum Gasteiger partial charge on any atom is 0.353 e. The van der Waals surface area contributed by atoms with E-state index >= 15 is 0 Å². The second-order valence-corrected chi connectivity index (χ2v) is 3.31. The Morgan fingerprint density at radius 1 is 1.67 bits per heavy atom. The highest BCUT2D eigenvalue weighted by Gasteiger charge is 2.46. The highest BCUT2D eigenvalue weighted by atomic mass is 16.8. The third-order valence-corrected chi connectivity index (χ3v) is 1.78. The number of esters is 1. The SMILES string of the molecule is C#CC1(C)OC(C(C)C)OC1=O. The largest absolute Gasteiger partial charge is 0.433 e. The smallest absolute Gasteiger partial charge is 0.353 e. The Kier molecular flexibility index (Phi) is 2.12. The second-order valence-electron chi connectivity index (χ2n) is 3.31. The summed E-state index contributed by atoms with van der Waals surface area (Å²) >= 11 is 0. The number of hydrogen-bond acceptors (Lipinski definition) is 3. The van der Waals surface area contributed by atoms with Crippen molar-refractivity contribution in [1.29, 1.82) is 0 Å². The second kappa shape index (κ2) is 2.80. The number of rotatable bonds is 1. The molecule has 0 aromatic rings. The Hall–Kier alpha value is -1.01. The highest BCUT2D eigenvalue weighted by molar-refractivity contribution is 5.84. The molecular formula is C9H12O3. The number of cyclic esters (lactones) is 1. The van der Waals surface area contributed by atoms with Crippen LogP contribution in [0.25, 0.3) is 0 Å². The molecule has 0 radical (unpaired) electrons. The van der Waals surface area contributed by atoms with Crippen LogP contribution in [0.3, 0.4) is 0 Å². The van der Waals surface area contributed by atoms with Crippen LogP contribution < -0.4 is 0 Å². The van der Waals surface area contributed by atoms with E-state index in [0.29, 0.717) is 0 Å². The fourth-order valence-corrected chi connectivity index (χ4v) is 0.888. The molecule has 0 N–H and O–H groups in total. The molecule has 66 valence electrons. The van der Waals surface area contributed by atoms with E-state index in [0.717, 1.165) is 0 Å². The molecule has 0 bridgehead atoms. The number of ether oxygens (including phenoxy) is 2. The Morgan fingerprint density at radius 2 is 2.25 bits per heavy atom. The Morgan fingerprint density at radius 3 is 2.50 bits per heavy atom. The zero-order chi connectivity index (χ0) is 9.35. The van der Waals surface area contributed by atoms with Crippen molar-refractivity contribution >= 4 is 5.97 Å². The molecule has 0 spiro atoms. The van der Waals surface area contributed by atoms with E-state index < -0.39 is 17.9 Å². The number of hydrogen-bond donors (Lipinski definition) is 0. The van der Waals surface area contributed by atoms with Gasteiger partial charge in [-0.05, 0) is 6.92 Å². The molecule has 1 rings (SSSR count). The van der Waals surface area contributed by atoms with E-state index in [1.54, 1.807) is 0 Å². The van der Waals surface area contributed by atoms with Crippen LogP contribution in [-0.2, 0) is 14.3 Å². The van der Waals surface area contributed by atoms with Crippen molar-refractivity contribution in [2.24, 2.45) is 5.92 Å². The molecule has 1 heterocycles. The summed E-state index contributed by atoms with van der Waals surface area (Å²) in [6.07, 6.45) is 4.64. The van der Waals surface area contributed by atoms with Crippen LogP contribution in [0.2, 0.25) is 0 Å². The predicted molar refractivity (Wildman–Crippen MR) is 43.0 cm³/mol. The van der Waals surface area contributed by atoms with Crippen LogP contribution in [-0.4, -0.2) is 17.9 Å². The van der Waals surface area contributed by atoms with Crippen molar-refractivity contribution in [3.8, 4) is 12.3 Å². The molecule has 0 aliphatic carbocycles. The first-order chi connectivity index (χ1) is 5.49. The number of terminal acetylenes is 1. The van der Waals surface area contributed by atoms with Gasteiger partial charge in [0.05, 0.1) is 0 Å². The first-order valence-corrected chi connectivity index (χ1v) is 3.86. The molecule has 0 saturated carbocycles. The van der Waals surface area contributed by atoms with Crippen molar-refractivity contribution in [1.82, 2.24) is 0 Å². The number of carbonyl (C=O) groups is 1. The Labute approximate surface area is 72.0 Å². The van der Waals surface area contributed by atoms with Gasteiger partial charge in [0.15, 0.2) is 0 Å². The lowest BCUT2D eigenvalue weighted by molar-refractivity contribution is -0.146. The van der Waals surface area contributed by atoms with Gasteiger partial charge in [-0.25, -0.2) is 4.79 Å². The summed E-state index contributed by atoms with van der Waals surface area (Å²) in [5.74, 6) is 1.94. The van der Waals surface area contributed by atoms with Gasteiger partial charge in [-0.1, -0.05) is 19.8 Å². The Balaban J connectivity index is 2.77. The van der Waals surface area contributed by atoms with Crippen molar-refractivity contribution < 1.29 is 14.3 Å². The van der Waals surface area contributed by atoms with Crippen molar-refractivity contribution in [3.05, 3.63) is 0 Å². The van der Waals surface area contributed by atoms with Gasteiger partial charge in [0, 0.05) is 5.92 Å².